The summed E-state index contributed by atoms with van der Waals surface area (Å²) in [6, 6.07) is 44.9. The highest BCUT2D eigenvalue weighted by atomic mass is 33.1. The van der Waals surface area contributed by atoms with Crippen molar-refractivity contribution in [2.24, 2.45) is 0 Å². The number of hydrogen-bond acceptors (Lipinski definition) is 10. The second kappa shape index (κ2) is 20.8. The second-order valence-electron chi connectivity index (χ2n) is 18.7. The molecule has 374 valence electrons. The van der Waals surface area contributed by atoms with Crippen LogP contribution in [-0.4, -0.2) is 96.7 Å². The standard InChI is InChI=1S/C60H68N6O2S4/c1-9-61(10-2)41-25-29-49-53(37-41)67-54-38-42(62(11-3)12-4)26-30-50(54)59(49)47-23-19-17-21-45(47)57(69)65(59)33-35-71-72-36-34-66-58(70)46-22-18-20-24-48(46)60(66)51-31-27-43(63(13-5)14-6)39-55(51)68-56-40-44(28-32-52(56)60)64(15-7)16-8/h17-32,37-40H,9-16,33-36H2,1-8H3. The van der Waals surface area contributed by atoms with Gasteiger partial charge in [-0.25, -0.2) is 0 Å². The van der Waals surface area contributed by atoms with Gasteiger partial charge in [-0.2, -0.15) is 0 Å². The monoisotopic (exact) mass is 1030 g/mol. The fraction of sp³-hybridized carbons (Fsp3) is 0.367. The molecule has 10 rings (SSSR count). The zero-order valence-corrected chi connectivity index (χ0v) is 46.4. The lowest BCUT2D eigenvalue weighted by molar-refractivity contribution is 0.270. The summed E-state index contributed by atoms with van der Waals surface area (Å²) < 4.78 is 14.1. The Hall–Kier alpha value is -5.40. The van der Waals surface area contributed by atoms with E-state index in [9.17, 15) is 0 Å². The van der Waals surface area contributed by atoms with Gasteiger partial charge >= 0.3 is 0 Å². The van der Waals surface area contributed by atoms with Crippen molar-refractivity contribution in [2.75, 3.05) is 96.6 Å². The predicted molar refractivity (Wildman–Crippen MR) is 315 cm³/mol. The second-order valence-corrected chi connectivity index (χ2v) is 22.2. The average molecular weight is 1030 g/mol. The lowest BCUT2D eigenvalue weighted by atomic mass is 9.74. The lowest BCUT2D eigenvalue weighted by Gasteiger charge is -2.46. The third-order valence-electron chi connectivity index (χ3n) is 15.6. The maximum absolute atomic E-state index is 7.05. The first-order chi connectivity index (χ1) is 35.2. The van der Waals surface area contributed by atoms with Gasteiger partial charge in [0, 0.05) is 157 Å². The molecule has 0 N–H and O–H groups in total. The SMILES string of the molecule is CCN(CC)c1ccc2c(c1)Oc1cc(N(CC)CC)ccc1C21c2ccccc2C(=S)N1CCSSCCN1C(=S)c2ccccc2C12c1ccc(N(CC)CC)cc1Oc1cc(N(CC)CC)ccc12. The summed E-state index contributed by atoms with van der Waals surface area (Å²) in [5.41, 5.74) is 12.5. The zero-order valence-electron chi connectivity index (χ0n) is 43.2. The Balaban J connectivity index is 0.976. The molecule has 8 nitrogen and oxygen atoms in total. The first-order valence-electron chi connectivity index (χ1n) is 26.2. The van der Waals surface area contributed by atoms with Crippen molar-refractivity contribution in [3.8, 4) is 23.0 Å². The molecule has 0 aliphatic carbocycles. The van der Waals surface area contributed by atoms with Gasteiger partial charge in [-0.3, -0.25) is 0 Å². The van der Waals surface area contributed by atoms with Gasteiger partial charge in [0.15, 0.2) is 0 Å². The quantitative estimate of drug-likeness (QED) is 0.0441. The van der Waals surface area contributed by atoms with Gasteiger partial charge in [-0.1, -0.05) is 119 Å². The first-order valence-corrected chi connectivity index (χ1v) is 29.5. The van der Waals surface area contributed by atoms with Crippen LogP contribution in [-0.2, 0) is 11.1 Å². The third-order valence-corrected chi connectivity index (χ3v) is 18.9. The summed E-state index contributed by atoms with van der Waals surface area (Å²) in [4.78, 5) is 16.3. The van der Waals surface area contributed by atoms with E-state index in [0.29, 0.717) is 0 Å². The summed E-state index contributed by atoms with van der Waals surface area (Å²) >= 11 is 13.1. The van der Waals surface area contributed by atoms with E-state index in [1.165, 1.54) is 11.1 Å². The number of fused-ring (bicyclic) bond motifs is 12. The third kappa shape index (κ3) is 7.92. The normalized spacial score (nSPS) is 15.1. The molecular formula is C60H68N6O2S4. The molecule has 0 atom stereocenters. The molecule has 0 fully saturated rings. The van der Waals surface area contributed by atoms with E-state index >= 15 is 0 Å². The van der Waals surface area contributed by atoms with Gasteiger partial charge in [-0.05, 0) is 90.8 Å². The van der Waals surface area contributed by atoms with Crippen LogP contribution in [0.4, 0.5) is 22.7 Å². The Morgan fingerprint density at radius 3 is 0.944 bits per heavy atom. The van der Waals surface area contributed by atoms with E-state index in [1.807, 2.05) is 21.6 Å². The van der Waals surface area contributed by atoms with E-state index in [1.54, 1.807) is 0 Å². The molecule has 2 spiro atoms. The van der Waals surface area contributed by atoms with Crippen molar-refractivity contribution in [3.05, 3.63) is 166 Å². The highest BCUT2D eigenvalue weighted by Gasteiger charge is 2.56. The first kappa shape index (κ1) is 50.1. The van der Waals surface area contributed by atoms with Gasteiger partial charge in [0.1, 0.15) is 44.1 Å². The molecule has 6 aromatic rings. The molecule has 0 saturated heterocycles. The molecule has 0 aromatic heterocycles. The van der Waals surface area contributed by atoms with Gasteiger partial charge < -0.3 is 38.9 Å². The number of ether oxygens (including phenoxy) is 2. The number of benzene rings is 6. The number of hydrogen-bond donors (Lipinski definition) is 0. The largest absolute Gasteiger partial charge is 0.456 e. The number of thiocarbonyl (C=S) groups is 2. The summed E-state index contributed by atoms with van der Waals surface area (Å²) in [7, 11) is 3.83. The van der Waals surface area contributed by atoms with Crippen molar-refractivity contribution in [3.63, 3.8) is 0 Å². The minimum absolute atomic E-state index is 0.661. The molecule has 0 unspecified atom stereocenters. The minimum atomic E-state index is -0.661. The highest BCUT2D eigenvalue weighted by Crippen LogP contribution is 2.60. The molecule has 0 bridgehead atoms. The van der Waals surface area contributed by atoms with Crippen LogP contribution in [0.2, 0.25) is 0 Å². The molecule has 0 saturated carbocycles. The van der Waals surface area contributed by atoms with Crippen LogP contribution in [0.5, 0.6) is 23.0 Å². The lowest BCUT2D eigenvalue weighted by Crippen LogP contribution is -2.48. The molecule has 0 radical (unpaired) electrons. The van der Waals surface area contributed by atoms with Crippen LogP contribution in [0.25, 0.3) is 0 Å². The van der Waals surface area contributed by atoms with E-state index in [-0.39, 0.29) is 0 Å². The Morgan fingerprint density at radius 1 is 0.389 bits per heavy atom. The van der Waals surface area contributed by atoms with Gasteiger partial charge in [0.25, 0.3) is 0 Å². The van der Waals surface area contributed by atoms with Crippen molar-refractivity contribution >= 4 is 78.8 Å². The summed E-state index contributed by atoms with van der Waals surface area (Å²) in [6.45, 7) is 26.5. The van der Waals surface area contributed by atoms with Crippen LogP contribution < -0.4 is 29.1 Å². The molecule has 4 aliphatic rings. The minimum Gasteiger partial charge on any atom is -0.456 e. The van der Waals surface area contributed by atoms with Crippen molar-refractivity contribution in [2.45, 2.75) is 66.5 Å². The Labute approximate surface area is 447 Å². The Morgan fingerprint density at radius 2 is 0.667 bits per heavy atom. The van der Waals surface area contributed by atoms with Crippen molar-refractivity contribution in [1.82, 2.24) is 9.80 Å². The maximum atomic E-state index is 7.05. The van der Waals surface area contributed by atoms with E-state index in [2.05, 4.69) is 206 Å². The van der Waals surface area contributed by atoms with E-state index in [0.717, 1.165) is 166 Å². The summed E-state index contributed by atoms with van der Waals surface area (Å²) in [6.07, 6.45) is 0. The molecule has 0 amide bonds. The van der Waals surface area contributed by atoms with Crippen molar-refractivity contribution in [1.29, 1.82) is 0 Å². The number of rotatable bonds is 19. The van der Waals surface area contributed by atoms with Gasteiger partial charge in [0.05, 0.1) is 0 Å². The Kier molecular flexibility index (Phi) is 14.5. The van der Waals surface area contributed by atoms with Gasteiger partial charge in [-0.15, -0.1) is 0 Å². The topological polar surface area (TPSA) is 37.9 Å². The Bertz CT molecular complexity index is 2680. The fourth-order valence-electron chi connectivity index (χ4n) is 12.2. The highest BCUT2D eigenvalue weighted by molar-refractivity contribution is 8.76. The van der Waals surface area contributed by atoms with Gasteiger partial charge in [0.2, 0.25) is 0 Å². The number of anilines is 4. The zero-order chi connectivity index (χ0) is 50.3. The smallest absolute Gasteiger partial charge is 0.135 e. The van der Waals surface area contributed by atoms with Crippen LogP contribution in [0, 0.1) is 0 Å². The number of nitrogens with zero attached hydrogens (tertiary/aromatic N) is 6. The molecular weight excluding hydrogens is 965 g/mol. The maximum Gasteiger partial charge on any atom is 0.135 e. The van der Waals surface area contributed by atoms with Crippen LogP contribution in [0.1, 0.15) is 99.9 Å². The van der Waals surface area contributed by atoms with E-state index in [4.69, 9.17) is 33.9 Å². The fourth-order valence-corrected chi connectivity index (χ4v) is 14.9. The van der Waals surface area contributed by atoms with E-state index < -0.39 is 11.1 Å². The van der Waals surface area contributed by atoms with Crippen LogP contribution in [0.15, 0.2) is 121 Å². The van der Waals surface area contributed by atoms with Crippen LogP contribution >= 0.6 is 46.0 Å². The average Bonchev–Trinajstić information content (AvgIpc) is 3.80. The summed E-state index contributed by atoms with van der Waals surface area (Å²) in [5.74, 6) is 5.26. The summed E-state index contributed by atoms with van der Waals surface area (Å²) in [5, 5.41) is 0. The van der Waals surface area contributed by atoms with Crippen molar-refractivity contribution < 1.29 is 9.47 Å². The molecule has 72 heavy (non-hydrogen) atoms. The molecule has 4 heterocycles. The molecule has 6 aromatic carbocycles. The molecule has 4 aliphatic heterocycles. The van der Waals surface area contributed by atoms with Crippen LogP contribution in [0.3, 0.4) is 0 Å². The predicted octanol–water partition coefficient (Wildman–Crippen LogP) is 13.9. The molecule has 12 heteroatoms.